The summed E-state index contributed by atoms with van der Waals surface area (Å²) < 4.78 is -1.62. The molecule has 2 aliphatic carbocycles. The standard InChI is InChI=1S/C9H10Cl6O2/c10-5-6(11)8(13)4(2-17)3(1-16)7(5,12)9(8,14)15/h3-6,16-17H,1-2H2/t3-,4-,5-,6+,7+,8-/m1/s1. The number of halogens is 6. The summed E-state index contributed by atoms with van der Waals surface area (Å²) in [4.78, 5) is -2.73. The lowest BCUT2D eigenvalue weighted by Gasteiger charge is -2.40. The van der Waals surface area contributed by atoms with Gasteiger partial charge < -0.3 is 10.2 Å². The van der Waals surface area contributed by atoms with Crippen molar-refractivity contribution in [3.63, 3.8) is 0 Å². The summed E-state index contributed by atoms with van der Waals surface area (Å²) in [5, 5.41) is 17.3. The van der Waals surface area contributed by atoms with Crippen LogP contribution in [-0.2, 0) is 0 Å². The van der Waals surface area contributed by atoms with E-state index in [2.05, 4.69) is 0 Å². The zero-order valence-electron chi connectivity index (χ0n) is 8.39. The minimum atomic E-state index is -1.62. The third-order valence-electron chi connectivity index (χ3n) is 3.98. The first kappa shape index (κ1) is 15.1. The average Bonchev–Trinajstić information content (AvgIpc) is 2.48. The fraction of sp³-hybridized carbons (Fsp3) is 1.00. The van der Waals surface area contributed by atoms with Crippen LogP contribution < -0.4 is 0 Å². The molecule has 6 atom stereocenters. The van der Waals surface area contributed by atoms with Crippen LogP contribution in [0.5, 0.6) is 0 Å². The number of hydrogen-bond acceptors (Lipinski definition) is 2. The summed E-state index contributed by atoms with van der Waals surface area (Å²) in [5.41, 5.74) is 0. The van der Waals surface area contributed by atoms with Crippen molar-refractivity contribution in [2.75, 3.05) is 13.2 Å². The van der Waals surface area contributed by atoms with Gasteiger partial charge in [-0.3, -0.25) is 0 Å². The van der Waals surface area contributed by atoms with Crippen LogP contribution in [0, 0.1) is 11.8 Å². The van der Waals surface area contributed by atoms with E-state index in [0.717, 1.165) is 0 Å². The Labute approximate surface area is 129 Å². The monoisotopic (exact) mass is 360 g/mol. The lowest BCUT2D eigenvalue weighted by Crippen LogP contribution is -2.52. The van der Waals surface area contributed by atoms with Crippen LogP contribution >= 0.6 is 69.6 Å². The number of alkyl halides is 6. The van der Waals surface area contributed by atoms with Crippen LogP contribution in [0.25, 0.3) is 0 Å². The van der Waals surface area contributed by atoms with Gasteiger partial charge in [0, 0.05) is 25.0 Å². The van der Waals surface area contributed by atoms with Crippen LogP contribution in [0.15, 0.2) is 0 Å². The minimum Gasteiger partial charge on any atom is -0.396 e. The maximum absolute atomic E-state index is 9.43. The van der Waals surface area contributed by atoms with Crippen LogP contribution in [0.4, 0.5) is 0 Å². The number of hydrogen-bond donors (Lipinski definition) is 2. The van der Waals surface area contributed by atoms with Crippen molar-refractivity contribution < 1.29 is 10.2 Å². The maximum Gasteiger partial charge on any atom is 0.160 e. The molecule has 0 aromatic rings. The smallest absolute Gasteiger partial charge is 0.160 e. The molecule has 2 nitrogen and oxygen atoms in total. The van der Waals surface area contributed by atoms with Crippen LogP contribution in [0.1, 0.15) is 0 Å². The van der Waals surface area contributed by atoms with Crippen LogP contribution in [0.2, 0.25) is 0 Å². The third kappa shape index (κ3) is 1.40. The number of aliphatic hydroxyl groups is 2. The first-order valence-electron chi connectivity index (χ1n) is 4.96. The molecule has 0 radical (unpaired) electrons. The molecule has 0 aromatic heterocycles. The first-order valence-corrected chi connectivity index (χ1v) is 7.35. The summed E-state index contributed by atoms with van der Waals surface area (Å²) in [5.74, 6) is -1.22. The van der Waals surface area contributed by atoms with Crippen molar-refractivity contribution in [3.8, 4) is 0 Å². The van der Waals surface area contributed by atoms with E-state index in [-0.39, 0.29) is 13.2 Å². The van der Waals surface area contributed by atoms with Crippen molar-refractivity contribution >= 4 is 69.6 Å². The summed E-state index contributed by atoms with van der Waals surface area (Å²) in [7, 11) is 0. The zero-order valence-corrected chi connectivity index (χ0v) is 12.9. The van der Waals surface area contributed by atoms with E-state index in [1.54, 1.807) is 0 Å². The van der Waals surface area contributed by atoms with E-state index in [4.69, 9.17) is 69.6 Å². The van der Waals surface area contributed by atoms with Gasteiger partial charge in [0.15, 0.2) is 4.33 Å². The molecule has 2 aliphatic rings. The Morgan fingerprint density at radius 1 is 0.765 bits per heavy atom. The predicted molar refractivity (Wildman–Crippen MR) is 72.0 cm³/mol. The van der Waals surface area contributed by atoms with Gasteiger partial charge in [-0.2, -0.15) is 0 Å². The molecule has 0 saturated heterocycles. The van der Waals surface area contributed by atoms with Crippen molar-refractivity contribution in [2.24, 2.45) is 11.8 Å². The van der Waals surface area contributed by atoms with Gasteiger partial charge in [0.05, 0.1) is 10.8 Å². The van der Waals surface area contributed by atoms with Crippen LogP contribution in [0.3, 0.4) is 0 Å². The molecular weight excluding hydrogens is 353 g/mol. The van der Waals surface area contributed by atoms with Crippen molar-refractivity contribution in [1.29, 1.82) is 0 Å². The Hall–Kier alpha value is 1.66. The Balaban J connectivity index is 2.63. The molecule has 2 rings (SSSR count). The SMILES string of the molecule is OC[C@@H]1[C@@H](CO)[C@@]2(Cl)[C@@H](Cl)[C@@H](Cl)[C@]1(Cl)C2(Cl)Cl. The van der Waals surface area contributed by atoms with Gasteiger partial charge in [0.2, 0.25) is 0 Å². The second-order valence-corrected chi connectivity index (χ2v) is 8.01. The number of rotatable bonds is 2. The molecule has 0 heterocycles. The van der Waals surface area contributed by atoms with Gasteiger partial charge in [0.1, 0.15) is 9.75 Å². The van der Waals surface area contributed by atoms with Gasteiger partial charge in [-0.1, -0.05) is 23.2 Å². The largest absolute Gasteiger partial charge is 0.396 e. The number of aliphatic hydroxyl groups excluding tert-OH is 2. The molecule has 0 unspecified atom stereocenters. The molecule has 0 aliphatic heterocycles. The summed E-state index contributed by atoms with van der Waals surface area (Å²) in [6.45, 7) is -0.644. The Kier molecular flexibility index (Phi) is 3.83. The van der Waals surface area contributed by atoms with E-state index in [9.17, 15) is 10.2 Å². The third-order valence-corrected chi connectivity index (χ3v) is 8.76. The Bertz CT molecular complexity index is 309. The normalized spacial score (nSPS) is 56.5. The summed E-state index contributed by atoms with van der Waals surface area (Å²) in [6, 6.07) is 0. The van der Waals surface area contributed by atoms with E-state index >= 15 is 0 Å². The van der Waals surface area contributed by atoms with E-state index < -0.39 is 36.7 Å². The molecule has 2 fully saturated rings. The van der Waals surface area contributed by atoms with Gasteiger partial charge >= 0.3 is 0 Å². The molecule has 0 amide bonds. The number of fused-ring (bicyclic) bond motifs is 2. The van der Waals surface area contributed by atoms with E-state index in [1.165, 1.54) is 0 Å². The highest BCUT2D eigenvalue weighted by Gasteiger charge is 2.85. The summed E-state index contributed by atoms with van der Waals surface area (Å²) in [6.07, 6.45) is 0. The topological polar surface area (TPSA) is 40.5 Å². The highest BCUT2D eigenvalue weighted by atomic mass is 35.5. The molecular formula is C9H10Cl6O2. The Morgan fingerprint density at radius 2 is 1.06 bits per heavy atom. The molecule has 2 N–H and O–H groups in total. The highest BCUT2D eigenvalue weighted by Crippen LogP contribution is 2.74. The second-order valence-electron chi connectivity index (χ2n) is 4.49. The predicted octanol–water partition coefficient (Wildman–Crippen LogP) is 2.57. The molecule has 100 valence electrons. The molecule has 0 aromatic carbocycles. The molecule has 2 saturated carbocycles. The minimum absolute atomic E-state index is 0.322. The fourth-order valence-electron chi connectivity index (χ4n) is 3.05. The van der Waals surface area contributed by atoms with Gasteiger partial charge in [0.25, 0.3) is 0 Å². The van der Waals surface area contributed by atoms with Gasteiger partial charge in [-0.15, -0.1) is 46.4 Å². The maximum atomic E-state index is 9.43. The quantitative estimate of drug-likeness (QED) is 0.741. The molecule has 2 bridgehead atoms. The van der Waals surface area contributed by atoms with Crippen molar-refractivity contribution in [1.82, 2.24) is 0 Å². The highest BCUT2D eigenvalue weighted by molar-refractivity contribution is 6.62. The van der Waals surface area contributed by atoms with Crippen molar-refractivity contribution in [3.05, 3.63) is 0 Å². The van der Waals surface area contributed by atoms with Gasteiger partial charge in [-0.25, -0.2) is 0 Å². The molecule has 17 heavy (non-hydrogen) atoms. The average molecular weight is 363 g/mol. The lowest BCUT2D eigenvalue weighted by molar-refractivity contribution is 0.0953. The first-order chi connectivity index (χ1) is 7.71. The van der Waals surface area contributed by atoms with Crippen molar-refractivity contribution in [2.45, 2.75) is 24.8 Å². The second kappa shape index (κ2) is 4.33. The van der Waals surface area contributed by atoms with E-state index in [1.807, 2.05) is 0 Å². The summed E-state index contributed by atoms with van der Waals surface area (Å²) >= 11 is 37.7. The van der Waals surface area contributed by atoms with Gasteiger partial charge in [-0.05, 0) is 0 Å². The zero-order chi connectivity index (χ0) is 13.2. The fourth-order valence-corrected chi connectivity index (χ4v) is 6.53. The lowest BCUT2D eigenvalue weighted by atomic mass is 9.79. The Morgan fingerprint density at radius 3 is 1.29 bits per heavy atom. The van der Waals surface area contributed by atoms with Crippen LogP contribution in [-0.4, -0.2) is 48.3 Å². The van der Waals surface area contributed by atoms with E-state index in [0.29, 0.717) is 0 Å². The molecule has 0 spiro atoms. The molecule has 8 heteroatoms.